The maximum absolute atomic E-state index is 10.8. The molecule has 3 N–H and O–H groups in total. The zero-order chi connectivity index (χ0) is 12.4. The van der Waals surface area contributed by atoms with E-state index in [0.29, 0.717) is 5.02 Å². The predicted molar refractivity (Wildman–Crippen MR) is 66.1 cm³/mol. The van der Waals surface area contributed by atoms with Crippen molar-refractivity contribution in [3.63, 3.8) is 0 Å². The third kappa shape index (κ3) is 2.37. The van der Waals surface area contributed by atoms with Crippen LogP contribution in [-0.2, 0) is 0 Å². The molecule has 1 aromatic heterocycles. The van der Waals surface area contributed by atoms with Gasteiger partial charge in [-0.1, -0.05) is 23.7 Å². The molecule has 0 aliphatic carbocycles. The summed E-state index contributed by atoms with van der Waals surface area (Å²) in [6, 6.07) is 8.72. The van der Waals surface area contributed by atoms with Crippen LogP contribution in [-0.4, -0.2) is 16.1 Å². The van der Waals surface area contributed by atoms with Crippen molar-refractivity contribution < 1.29 is 9.90 Å². The van der Waals surface area contributed by atoms with Crippen LogP contribution in [0.15, 0.2) is 36.5 Å². The van der Waals surface area contributed by atoms with Crippen molar-refractivity contribution in [2.24, 2.45) is 0 Å². The molecule has 0 aliphatic rings. The number of nitrogen functional groups attached to an aromatic ring is 1. The minimum absolute atomic E-state index is 0.136. The molecule has 0 radical (unpaired) electrons. The van der Waals surface area contributed by atoms with E-state index in [-0.39, 0.29) is 11.4 Å². The number of pyridine rings is 1. The maximum atomic E-state index is 10.8. The van der Waals surface area contributed by atoms with Crippen molar-refractivity contribution in [1.82, 2.24) is 4.98 Å². The smallest absolute Gasteiger partial charge is 0.356 e. The van der Waals surface area contributed by atoms with E-state index < -0.39 is 5.97 Å². The average molecular weight is 249 g/mol. The predicted octanol–water partition coefficient (Wildman–Crippen LogP) is 2.68. The number of carboxylic acids is 1. The number of rotatable bonds is 2. The standard InChI is InChI=1S/C12H9ClN2O2/c13-9-3-1-7(2-4-9)8-5-10(14)11(12(16)17)15-6-8/h1-6H,14H2,(H,16,17). The lowest BCUT2D eigenvalue weighted by Gasteiger charge is -2.04. The van der Waals surface area contributed by atoms with Crippen molar-refractivity contribution in [3.8, 4) is 11.1 Å². The largest absolute Gasteiger partial charge is 0.476 e. The Morgan fingerprint density at radius 3 is 2.41 bits per heavy atom. The van der Waals surface area contributed by atoms with Gasteiger partial charge in [0, 0.05) is 16.8 Å². The monoisotopic (exact) mass is 248 g/mol. The first-order valence-corrected chi connectivity index (χ1v) is 5.20. The molecular formula is C12H9ClN2O2. The second kappa shape index (κ2) is 4.43. The number of halogens is 1. The van der Waals surface area contributed by atoms with E-state index in [1.54, 1.807) is 18.2 Å². The normalized spacial score (nSPS) is 10.2. The van der Waals surface area contributed by atoms with Gasteiger partial charge in [-0.15, -0.1) is 0 Å². The highest BCUT2D eigenvalue weighted by Gasteiger charge is 2.10. The van der Waals surface area contributed by atoms with Gasteiger partial charge in [0.15, 0.2) is 5.69 Å². The fraction of sp³-hybridized carbons (Fsp3) is 0. The van der Waals surface area contributed by atoms with Crippen LogP contribution in [0.5, 0.6) is 0 Å². The van der Waals surface area contributed by atoms with E-state index in [2.05, 4.69) is 4.98 Å². The number of hydrogen-bond donors (Lipinski definition) is 2. The van der Waals surface area contributed by atoms with E-state index in [9.17, 15) is 4.79 Å². The van der Waals surface area contributed by atoms with Gasteiger partial charge in [0.2, 0.25) is 0 Å². The van der Waals surface area contributed by atoms with Crippen molar-refractivity contribution >= 4 is 23.3 Å². The van der Waals surface area contributed by atoms with Gasteiger partial charge in [0.1, 0.15) is 0 Å². The Labute approximate surface area is 103 Å². The number of benzene rings is 1. The Balaban J connectivity index is 2.44. The van der Waals surface area contributed by atoms with Crippen LogP contribution < -0.4 is 5.73 Å². The molecule has 0 bridgehead atoms. The number of carboxylic acid groups (broad SMARTS) is 1. The van der Waals surface area contributed by atoms with Crippen LogP contribution in [0, 0.1) is 0 Å². The van der Waals surface area contributed by atoms with Crippen LogP contribution in [0.1, 0.15) is 10.5 Å². The van der Waals surface area contributed by atoms with E-state index >= 15 is 0 Å². The second-order valence-corrected chi connectivity index (χ2v) is 3.91. The van der Waals surface area contributed by atoms with Crippen LogP contribution in [0.3, 0.4) is 0 Å². The van der Waals surface area contributed by atoms with Crippen molar-refractivity contribution in [1.29, 1.82) is 0 Å². The Morgan fingerprint density at radius 1 is 1.24 bits per heavy atom. The summed E-state index contributed by atoms with van der Waals surface area (Å²) in [5, 5.41) is 9.44. The molecule has 4 nitrogen and oxygen atoms in total. The maximum Gasteiger partial charge on any atom is 0.356 e. The molecule has 0 atom stereocenters. The quantitative estimate of drug-likeness (QED) is 0.857. The number of anilines is 1. The molecule has 0 fully saturated rings. The summed E-state index contributed by atoms with van der Waals surface area (Å²) in [5.74, 6) is -1.13. The Hall–Kier alpha value is -2.07. The molecule has 0 aliphatic heterocycles. The molecule has 0 amide bonds. The molecule has 2 aromatic rings. The third-order valence-electron chi connectivity index (χ3n) is 2.30. The number of nitrogens with two attached hydrogens (primary N) is 1. The van der Waals surface area contributed by atoms with E-state index in [4.69, 9.17) is 22.4 Å². The van der Waals surface area contributed by atoms with Gasteiger partial charge in [0.25, 0.3) is 0 Å². The van der Waals surface area contributed by atoms with Gasteiger partial charge >= 0.3 is 5.97 Å². The molecular weight excluding hydrogens is 240 g/mol. The highest BCUT2D eigenvalue weighted by atomic mass is 35.5. The molecule has 5 heteroatoms. The van der Waals surface area contributed by atoms with Crippen LogP contribution in [0.2, 0.25) is 5.02 Å². The first-order valence-electron chi connectivity index (χ1n) is 4.82. The van der Waals surface area contributed by atoms with Crippen molar-refractivity contribution in [2.75, 3.05) is 5.73 Å². The van der Waals surface area contributed by atoms with Gasteiger partial charge in [0.05, 0.1) is 5.69 Å². The molecule has 0 spiro atoms. The summed E-state index contributed by atoms with van der Waals surface area (Å²) in [6.45, 7) is 0. The molecule has 2 rings (SSSR count). The van der Waals surface area contributed by atoms with Gasteiger partial charge < -0.3 is 10.8 Å². The first-order chi connectivity index (χ1) is 8.08. The summed E-state index contributed by atoms with van der Waals surface area (Å²) in [6.07, 6.45) is 1.48. The van der Waals surface area contributed by atoms with Gasteiger partial charge in [-0.3, -0.25) is 0 Å². The summed E-state index contributed by atoms with van der Waals surface area (Å²) in [5.41, 5.74) is 7.26. The Morgan fingerprint density at radius 2 is 1.88 bits per heavy atom. The zero-order valence-electron chi connectivity index (χ0n) is 8.72. The molecule has 1 aromatic carbocycles. The van der Waals surface area contributed by atoms with E-state index in [1.165, 1.54) is 6.20 Å². The van der Waals surface area contributed by atoms with Crippen molar-refractivity contribution in [3.05, 3.63) is 47.2 Å². The molecule has 17 heavy (non-hydrogen) atoms. The SMILES string of the molecule is Nc1cc(-c2ccc(Cl)cc2)cnc1C(=O)O. The average Bonchev–Trinajstić information content (AvgIpc) is 2.29. The fourth-order valence-electron chi connectivity index (χ4n) is 1.46. The molecule has 0 saturated carbocycles. The third-order valence-corrected chi connectivity index (χ3v) is 2.55. The van der Waals surface area contributed by atoms with Gasteiger partial charge in [-0.25, -0.2) is 9.78 Å². The van der Waals surface area contributed by atoms with Gasteiger partial charge in [-0.05, 0) is 23.8 Å². The molecule has 86 valence electrons. The lowest BCUT2D eigenvalue weighted by molar-refractivity contribution is 0.0692. The Bertz CT molecular complexity index is 567. The second-order valence-electron chi connectivity index (χ2n) is 3.47. The van der Waals surface area contributed by atoms with Crippen LogP contribution >= 0.6 is 11.6 Å². The summed E-state index contributed by atoms with van der Waals surface area (Å²) in [4.78, 5) is 14.6. The number of aromatic carboxylic acids is 1. The zero-order valence-corrected chi connectivity index (χ0v) is 9.48. The summed E-state index contributed by atoms with van der Waals surface area (Å²) < 4.78 is 0. The Kier molecular flexibility index (Phi) is 2.97. The molecule has 0 unspecified atom stereocenters. The fourth-order valence-corrected chi connectivity index (χ4v) is 1.59. The molecule has 1 heterocycles. The summed E-state index contributed by atoms with van der Waals surface area (Å²) in [7, 11) is 0. The number of carbonyl (C=O) groups is 1. The first kappa shape index (κ1) is 11.4. The number of aromatic nitrogens is 1. The number of hydrogen-bond acceptors (Lipinski definition) is 3. The summed E-state index contributed by atoms with van der Waals surface area (Å²) >= 11 is 5.78. The van der Waals surface area contributed by atoms with Crippen molar-refractivity contribution in [2.45, 2.75) is 0 Å². The highest BCUT2D eigenvalue weighted by Crippen LogP contribution is 2.23. The van der Waals surface area contributed by atoms with E-state index in [1.807, 2.05) is 12.1 Å². The lowest BCUT2D eigenvalue weighted by Crippen LogP contribution is -2.05. The topological polar surface area (TPSA) is 76.2 Å². The lowest BCUT2D eigenvalue weighted by atomic mass is 10.1. The minimum Gasteiger partial charge on any atom is -0.476 e. The van der Waals surface area contributed by atoms with E-state index in [0.717, 1.165) is 11.1 Å². The number of nitrogens with zero attached hydrogens (tertiary/aromatic N) is 1. The van der Waals surface area contributed by atoms with Crippen LogP contribution in [0.25, 0.3) is 11.1 Å². The molecule has 0 saturated heterocycles. The van der Waals surface area contributed by atoms with Gasteiger partial charge in [-0.2, -0.15) is 0 Å². The van der Waals surface area contributed by atoms with Crippen LogP contribution in [0.4, 0.5) is 5.69 Å². The minimum atomic E-state index is -1.13. The highest BCUT2D eigenvalue weighted by molar-refractivity contribution is 6.30.